The minimum Gasteiger partial charge on any atom is -0.458 e. The van der Waals surface area contributed by atoms with E-state index in [1.165, 1.54) is 0 Å². The molecule has 0 radical (unpaired) electrons. The number of carbonyl (C=O) groups is 1. The number of piperazine rings is 1. The number of benzene rings is 2. The van der Waals surface area contributed by atoms with Crippen LogP contribution in [0.1, 0.15) is 17.4 Å². The van der Waals surface area contributed by atoms with Gasteiger partial charge in [-0.15, -0.1) is 0 Å². The molecule has 130 valence electrons. The van der Waals surface area contributed by atoms with Crippen molar-refractivity contribution in [1.29, 1.82) is 0 Å². The SMILES string of the molecule is CN1CCN(c2cc(Cl)cc3c2OC(c2ccccc2)OC3)C(=O)C1. The van der Waals surface area contributed by atoms with Crippen molar-refractivity contribution in [3.8, 4) is 5.75 Å². The first kappa shape index (κ1) is 16.4. The van der Waals surface area contributed by atoms with Crippen LogP contribution in [0.4, 0.5) is 5.69 Å². The van der Waals surface area contributed by atoms with Crippen LogP contribution < -0.4 is 9.64 Å². The second-order valence-electron chi connectivity index (χ2n) is 6.37. The van der Waals surface area contributed by atoms with Crippen molar-refractivity contribution >= 4 is 23.2 Å². The smallest absolute Gasteiger partial charge is 0.241 e. The predicted octanol–water partition coefficient (Wildman–Crippen LogP) is 3.23. The summed E-state index contributed by atoms with van der Waals surface area (Å²) in [7, 11) is 1.94. The average Bonchev–Trinajstić information content (AvgIpc) is 2.61. The highest BCUT2D eigenvalue weighted by atomic mass is 35.5. The Morgan fingerprint density at radius 3 is 2.72 bits per heavy atom. The Balaban J connectivity index is 1.70. The molecule has 2 aromatic carbocycles. The van der Waals surface area contributed by atoms with E-state index in [1.54, 1.807) is 11.0 Å². The number of hydrogen-bond donors (Lipinski definition) is 0. The number of fused-ring (bicyclic) bond motifs is 1. The monoisotopic (exact) mass is 358 g/mol. The minimum atomic E-state index is -0.490. The van der Waals surface area contributed by atoms with Crippen LogP contribution in [0.25, 0.3) is 0 Å². The van der Waals surface area contributed by atoms with Crippen LogP contribution in [0.2, 0.25) is 5.02 Å². The van der Waals surface area contributed by atoms with E-state index >= 15 is 0 Å². The molecule has 1 saturated heterocycles. The molecule has 0 N–H and O–H groups in total. The van der Waals surface area contributed by atoms with Gasteiger partial charge in [0.2, 0.25) is 12.2 Å². The van der Waals surface area contributed by atoms with Crippen molar-refractivity contribution in [2.24, 2.45) is 0 Å². The quantitative estimate of drug-likeness (QED) is 0.826. The Labute approximate surface area is 151 Å². The fourth-order valence-corrected chi connectivity index (χ4v) is 3.44. The Morgan fingerprint density at radius 1 is 1.16 bits per heavy atom. The molecular formula is C19H19ClN2O3. The van der Waals surface area contributed by atoms with Crippen molar-refractivity contribution in [3.63, 3.8) is 0 Å². The Morgan fingerprint density at radius 2 is 1.96 bits per heavy atom. The number of hydrogen-bond acceptors (Lipinski definition) is 4. The first-order valence-corrected chi connectivity index (χ1v) is 8.64. The number of halogens is 1. The number of nitrogens with zero attached hydrogens (tertiary/aromatic N) is 2. The maximum absolute atomic E-state index is 12.5. The lowest BCUT2D eigenvalue weighted by atomic mass is 10.1. The van der Waals surface area contributed by atoms with Gasteiger partial charge < -0.3 is 14.4 Å². The van der Waals surface area contributed by atoms with Gasteiger partial charge in [-0.25, -0.2) is 0 Å². The van der Waals surface area contributed by atoms with Crippen LogP contribution in [0, 0.1) is 0 Å². The highest BCUT2D eigenvalue weighted by Gasteiger charge is 2.31. The van der Waals surface area contributed by atoms with Gasteiger partial charge in [-0.05, 0) is 19.2 Å². The Kier molecular flexibility index (Phi) is 4.37. The van der Waals surface area contributed by atoms with Gasteiger partial charge in [0, 0.05) is 29.2 Å². The summed E-state index contributed by atoms with van der Waals surface area (Å²) in [5, 5.41) is 0.575. The van der Waals surface area contributed by atoms with Crippen LogP contribution in [0.3, 0.4) is 0 Å². The summed E-state index contributed by atoms with van der Waals surface area (Å²) in [5.74, 6) is 0.729. The summed E-state index contributed by atoms with van der Waals surface area (Å²) >= 11 is 6.27. The van der Waals surface area contributed by atoms with Crippen LogP contribution in [-0.2, 0) is 16.1 Å². The third-order valence-corrected chi connectivity index (χ3v) is 4.72. The van der Waals surface area contributed by atoms with Crippen molar-refractivity contribution in [3.05, 3.63) is 58.6 Å². The molecule has 5 nitrogen and oxygen atoms in total. The third-order valence-electron chi connectivity index (χ3n) is 4.50. The standard InChI is InChI=1S/C19H19ClN2O3/c1-21-7-8-22(17(23)11-21)16-10-15(20)9-14-12-24-19(25-18(14)16)13-5-3-2-4-6-13/h2-6,9-10,19H,7-8,11-12H2,1H3. The molecule has 1 amide bonds. The van der Waals surface area contributed by atoms with Gasteiger partial charge in [0.25, 0.3) is 0 Å². The van der Waals surface area contributed by atoms with Crippen molar-refractivity contribution < 1.29 is 14.3 Å². The predicted molar refractivity (Wildman–Crippen MR) is 95.9 cm³/mol. The van der Waals surface area contributed by atoms with Gasteiger partial charge >= 0.3 is 0 Å². The first-order valence-electron chi connectivity index (χ1n) is 8.26. The molecule has 2 aromatic rings. The summed E-state index contributed by atoms with van der Waals surface area (Å²) in [6.45, 7) is 2.21. The van der Waals surface area contributed by atoms with Crippen LogP contribution >= 0.6 is 11.6 Å². The number of anilines is 1. The van der Waals surface area contributed by atoms with Gasteiger partial charge in [0.15, 0.2) is 5.75 Å². The van der Waals surface area contributed by atoms with Gasteiger partial charge in [0.1, 0.15) is 0 Å². The molecule has 0 bridgehead atoms. The molecular weight excluding hydrogens is 340 g/mol. The summed E-state index contributed by atoms with van der Waals surface area (Å²) in [6.07, 6.45) is -0.490. The van der Waals surface area contributed by atoms with Crippen LogP contribution in [0.15, 0.2) is 42.5 Å². The van der Waals surface area contributed by atoms with E-state index in [4.69, 9.17) is 21.1 Å². The second kappa shape index (κ2) is 6.67. The molecule has 0 spiro atoms. The van der Waals surface area contributed by atoms with Crippen molar-refractivity contribution in [2.45, 2.75) is 12.9 Å². The van der Waals surface area contributed by atoms with Crippen LogP contribution in [0.5, 0.6) is 5.75 Å². The van der Waals surface area contributed by atoms with E-state index < -0.39 is 6.29 Å². The van der Waals surface area contributed by atoms with E-state index in [9.17, 15) is 4.79 Å². The summed E-state index contributed by atoms with van der Waals surface area (Å²) in [5.41, 5.74) is 2.53. The van der Waals surface area contributed by atoms with Crippen molar-refractivity contribution in [1.82, 2.24) is 4.90 Å². The van der Waals surface area contributed by atoms with Gasteiger partial charge in [-0.2, -0.15) is 0 Å². The van der Waals surface area contributed by atoms with E-state index in [0.29, 0.717) is 30.5 Å². The molecule has 0 aromatic heterocycles. The zero-order chi connectivity index (χ0) is 17.4. The molecule has 2 heterocycles. The van der Waals surface area contributed by atoms with Gasteiger partial charge in [-0.3, -0.25) is 9.69 Å². The number of rotatable bonds is 2. The highest BCUT2D eigenvalue weighted by molar-refractivity contribution is 6.31. The zero-order valence-electron chi connectivity index (χ0n) is 13.9. The average molecular weight is 359 g/mol. The maximum Gasteiger partial charge on any atom is 0.241 e. The molecule has 25 heavy (non-hydrogen) atoms. The number of amides is 1. The van der Waals surface area contributed by atoms with E-state index in [2.05, 4.69) is 0 Å². The van der Waals surface area contributed by atoms with E-state index in [1.807, 2.05) is 48.3 Å². The Hall–Kier alpha value is -2.08. The molecule has 1 unspecified atom stereocenters. The molecule has 1 atom stereocenters. The Bertz CT molecular complexity index is 797. The van der Waals surface area contributed by atoms with Crippen molar-refractivity contribution in [2.75, 3.05) is 31.6 Å². The van der Waals surface area contributed by atoms with Gasteiger partial charge in [0.05, 0.1) is 18.8 Å². The van der Waals surface area contributed by atoms with Crippen LogP contribution in [-0.4, -0.2) is 37.5 Å². The molecule has 1 fully saturated rings. The molecule has 2 aliphatic heterocycles. The fourth-order valence-electron chi connectivity index (χ4n) is 3.20. The molecule has 6 heteroatoms. The molecule has 0 aliphatic carbocycles. The zero-order valence-corrected chi connectivity index (χ0v) is 14.7. The molecule has 2 aliphatic rings. The lowest BCUT2D eigenvalue weighted by molar-refractivity contribution is -0.121. The summed E-state index contributed by atoms with van der Waals surface area (Å²) < 4.78 is 12.0. The lowest BCUT2D eigenvalue weighted by Crippen LogP contribution is -2.49. The third kappa shape index (κ3) is 3.23. The number of ether oxygens (including phenoxy) is 2. The number of carbonyl (C=O) groups excluding carboxylic acids is 1. The highest BCUT2D eigenvalue weighted by Crippen LogP contribution is 2.42. The minimum absolute atomic E-state index is 0.0459. The molecule has 4 rings (SSSR count). The lowest BCUT2D eigenvalue weighted by Gasteiger charge is -2.35. The fraction of sp³-hybridized carbons (Fsp3) is 0.316. The normalized spacial score (nSPS) is 21.0. The summed E-state index contributed by atoms with van der Waals surface area (Å²) in [4.78, 5) is 16.3. The second-order valence-corrected chi connectivity index (χ2v) is 6.80. The largest absolute Gasteiger partial charge is 0.458 e. The van der Waals surface area contributed by atoms with E-state index in [0.717, 1.165) is 23.4 Å². The summed E-state index contributed by atoms with van der Waals surface area (Å²) in [6, 6.07) is 13.4. The van der Waals surface area contributed by atoms with E-state index in [-0.39, 0.29) is 5.91 Å². The molecule has 0 saturated carbocycles. The topological polar surface area (TPSA) is 42.0 Å². The van der Waals surface area contributed by atoms with Gasteiger partial charge in [-0.1, -0.05) is 41.9 Å². The first-order chi connectivity index (χ1) is 12.1. The maximum atomic E-state index is 12.5. The number of likely N-dealkylation sites (N-methyl/N-ethyl adjacent to an activating group) is 1.